The Morgan fingerprint density at radius 1 is 0.768 bits per heavy atom. The fraction of sp³-hybridized carbons (Fsp3) is 0.905. The lowest BCUT2D eigenvalue weighted by atomic mass is 9.33. The number of ether oxygens (including phenoxy) is 4. The number of rotatable bonds is 6. The van der Waals surface area contributed by atoms with E-state index in [0.29, 0.717) is 25.7 Å². The summed E-state index contributed by atoms with van der Waals surface area (Å²) in [6.07, 6.45) is -6.97. The summed E-state index contributed by atoms with van der Waals surface area (Å²) in [4.78, 5) is 28.8. The molecule has 2 saturated heterocycles. The van der Waals surface area contributed by atoms with Crippen molar-refractivity contribution in [2.75, 3.05) is 6.61 Å². The van der Waals surface area contributed by atoms with Crippen molar-refractivity contribution >= 4 is 11.9 Å². The van der Waals surface area contributed by atoms with E-state index in [1.807, 2.05) is 0 Å². The summed E-state index contributed by atoms with van der Waals surface area (Å²) < 4.78 is 23.9. The molecule has 0 aromatic heterocycles. The number of hydrogen-bond acceptors (Lipinski definition) is 13. The van der Waals surface area contributed by atoms with Gasteiger partial charge in [-0.25, -0.2) is 0 Å². The third kappa shape index (κ3) is 5.85. The average Bonchev–Trinajstić information content (AvgIpc) is 3.14. The Kier molecular flexibility index (Phi) is 11.0. The van der Waals surface area contributed by atoms with Crippen molar-refractivity contribution in [2.24, 2.45) is 56.7 Å². The van der Waals surface area contributed by atoms with Crippen LogP contribution in [0, 0.1) is 56.7 Å². The molecule has 2 aliphatic heterocycles. The van der Waals surface area contributed by atoms with E-state index in [0.717, 1.165) is 24.8 Å². The summed E-state index contributed by atoms with van der Waals surface area (Å²) in [5, 5.41) is 84.5. The van der Waals surface area contributed by atoms with Crippen LogP contribution in [-0.4, -0.2) is 127 Å². The maximum atomic E-state index is 14.6. The Morgan fingerprint density at radius 3 is 2.09 bits per heavy atom. The lowest BCUT2D eigenvalue weighted by Gasteiger charge is -2.70. The number of carboxylic acid groups (broad SMARTS) is 1. The van der Waals surface area contributed by atoms with Crippen molar-refractivity contribution in [3.8, 4) is 0 Å². The number of carboxylic acids is 1. The van der Waals surface area contributed by atoms with Crippen LogP contribution in [0.25, 0.3) is 0 Å². The van der Waals surface area contributed by atoms with Gasteiger partial charge in [-0.1, -0.05) is 53.2 Å². The van der Waals surface area contributed by atoms with Gasteiger partial charge in [-0.3, -0.25) is 9.59 Å². The van der Waals surface area contributed by atoms with Crippen LogP contribution in [0.2, 0.25) is 0 Å². The van der Waals surface area contributed by atoms with Gasteiger partial charge in [0.1, 0.15) is 42.7 Å². The van der Waals surface area contributed by atoms with Crippen LogP contribution in [0.5, 0.6) is 0 Å². The molecule has 7 rings (SSSR count). The molecular weight excluding hydrogens is 728 g/mol. The minimum absolute atomic E-state index is 0.0166. The van der Waals surface area contributed by atoms with Gasteiger partial charge in [0.2, 0.25) is 6.29 Å². The molecule has 4 unspecified atom stereocenters. The molecule has 6 fully saturated rings. The minimum atomic E-state index is -1.65. The maximum Gasteiger partial charge on any atom is 0.315 e. The van der Waals surface area contributed by atoms with E-state index in [1.54, 1.807) is 0 Å². The zero-order valence-corrected chi connectivity index (χ0v) is 33.9. The molecular formula is C42H66O14. The zero-order chi connectivity index (χ0) is 41.1. The highest BCUT2D eigenvalue weighted by molar-refractivity contribution is 5.85. The minimum Gasteiger partial charge on any atom is -0.481 e. The summed E-state index contributed by atoms with van der Waals surface area (Å²) in [6, 6.07) is 0. The molecule has 0 amide bonds. The molecule has 0 aromatic rings. The van der Waals surface area contributed by atoms with Crippen LogP contribution in [0.4, 0.5) is 0 Å². The Balaban J connectivity index is 1.21. The number of hydrogen-bond donors (Lipinski definition) is 8. The van der Waals surface area contributed by atoms with Gasteiger partial charge < -0.3 is 59.8 Å². The molecule has 0 bridgehead atoms. The van der Waals surface area contributed by atoms with E-state index in [1.165, 1.54) is 6.92 Å². The number of aliphatic hydroxyl groups excluding tert-OH is 7. The zero-order valence-electron chi connectivity index (χ0n) is 33.9. The van der Waals surface area contributed by atoms with E-state index in [2.05, 4.69) is 47.6 Å². The standard InChI is InChI=1S/C42H66O14/c1-19-10-15-41(37(52)56-34-32(48)30(46)28(44)21(3)53-34)16-17-42(36(50)51)22(27(41)20(19)2)8-9-25-39(6)13-12-26(38(4,5)24(39)11-14-40(25,42)7)55-35-33(49)31(47)29(45)23(18-43)54-35/h8,19-21,23-35,43-49H,9-18H2,1-7H3,(H,50,51)/t19-,20+,21+,23-,24?,25?,26?,27?,28+,29-,30-,31+,32-,33-,34-,35+,39+,40-,41+,42-/m1/s1. The Labute approximate surface area is 329 Å². The van der Waals surface area contributed by atoms with Crippen molar-refractivity contribution < 1.29 is 69.4 Å². The number of carbonyl (C=O) groups is 2. The van der Waals surface area contributed by atoms with Crippen LogP contribution in [0.15, 0.2) is 11.6 Å². The predicted octanol–water partition coefficient (Wildman–Crippen LogP) is 2.26. The molecule has 0 spiro atoms. The topological polar surface area (TPSA) is 233 Å². The molecule has 20 atom stereocenters. The van der Waals surface area contributed by atoms with E-state index >= 15 is 0 Å². The van der Waals surface area contributed by atoms with Gasteiger partial charge in [0, 0.05) is 0 Å². The van der Waals surface area contributed by atoms with Gasteiger partial charge in [-0.05, 0) is 111 Å². The Bertz CT molecular complexity index is 1550. The largest absolute Gasteiger partial charge is 0.481 e. The maximum absolute atomic E-state index is 14.6. The summed E-state index contributed by atoms with van der Waals surface area (Å²) >= 11 is 0. The Hall–Kier alpha value is -1.72. The van der Waals surface area contributed by atoms with E-state index in [-0.39, 0.29) is 48.0 Å². The number of carbonyl (C=O) groups excluding carboxylic acids is 1. The quantitative estimate of drug-likeness (QED) is 0.110. The van der Waals surface area contributed by atoms with Crippen LogP contribution in [-0.2, 0) is 28.5 Å². The second-order valence-corrected chi connectivity index (χ2v) is 20.0. The number of fused-ring (bicyclic) bond motifs is 7. The third-order valence-electron chi connectivity index (χ3n) is 17.3. The molecule has 2 heterocycles. The second kappa shape index (κ2) is 14.5. The lowest BCUT2D eigenvalue weighted by molar-refractivity contribution is -0.330. The number of aliphatic carboxylic acids is 1. The van der Waals surface area contributed by atoms with Crippen molar-refractivity contribution in [3.05, 3.63) is 11.6 Å². The number of esters is 1. The van der Waals surface area contributed by atoms with E-state index in [4.69, 9.17) is 18.9 Å². The third-order valence-corrected chi connectivity index (χ3v) is 17.3. The fourth-order valence-electron chi connectivity index (χ4n) is 13.9. The summed E-state index contributed by atoms with van der Waals surface area (Å²) in [6.45, 7) is 14.0. The molecule has 8 N–H and O–H groups in total. The van der Waals surface area contributed by atoms with Gasteiger partial charge in [0.15, 0.2) is 6.29 Å². The van der Waals surface area contributed by atoms with Gasteiger partial charge in [0.25, 0.3) is 0 Å². The molecule has 7 aliphatic rings. The highest BCUT2D eigenvalue weighted by atomic mass is 16.7. The molecule has 5 aliphatic carbocycles. The molecule has 14 heteroatoms. The van der Waals surface area contributed by atoms with Crippen LogP contribution >= 0.6 is 0 Å². The van der Waals surface area contributed by atoms with Crippen molar-refractivity contribution in [1.29, 1.82) is 0 Å². The first-order valence-electron chi connectivity index (χ1n) is 20.9. The van der Waals surface area contributed by atoms with Crippen LogP contribution in [0.1, 0.15) is 106 Å². The highest BCUT2D eigenvalue weighted by Gasteiger charge is 2.74. The molecule has 14 nitrogen and oxygen atoms in total. The molecule has 0 aromatic carbocycles. The molecule has 0 radical (unpaired) electrons. The van der Waals surface area contributed by atoms with Gasteiger partial charge in [0.05, 0.1) is 29.6 Å². The predicted molar refractivity (Wildman–Crippen MR) is 198 cm³/mol. The van der Waals surface area contributed by atoms with Crippen LogP contribution < -0.4 is 0 Å². The van der Waals surface area contributed by atoms with Gasteiger partial charge in [-0.15, -0.1) is 0 Å². The SMILES string of the molecule is C[C@@H]1CC[C@]2(C(=O)O[C@H]3O[C@@H](C)[C@H](O)[C@@H](O)[C@H]3O)CC[C@]3(C(=O)O)C(=CCC4[C@@]5(C)CCC(O[C@@H]6O[C@H](CO)[C@@H](O)[C@H](O)[C@H]6O)C(C)(C)C5CC[C@]43C)C2[C@H]1C. The lowest BCUT2D eigenvalue weighted by Crippen LogP contribution is -2.68. The Morgan fingerprint density at radius 2 is 1.43 bits per heavy atom. The van der Waals surface area contributed by atoms with Gasteiger partial charge >= 0.3 is 11.9 Å². The summed E-state index contributed by atoms with van der Waals surface area (Å²) in [5.41, 5.74) is -2.92. The summed E-state index contributed by atoms with van der Waals surface area (Å²) in [5.74, 6) is -1.63. The first-order chi connectivity index (χ1) is 26.1. The number of aliphatic hydroxyl groups is 7. The van der Waals surface area contributed by atoms with E-state index in [9.17, 15) is 50.4 Å². The van der Waals surface area contributed by atoms with Gasteiger partial charge in [-0.2, -0.15) is 0 Å². The first-order valence-corrected chi connectivity index (χ1v) is 20.9. The molecule has 4 saturated carbocycles. The van der Waals surface area contributed by atoms with Crippen molar-refractivity contribution in [1.82, 2.24) is 0 Å². The smallest absolute Gasteiger partial charge is 0.315 e. The van der Waals surface area contributed by atoms with Crippen LogP contribution in [0.3, 0.4) is 0 Å². The fourth-order valence-corrected chi connectivity index (χ4v) is 13.9. The number of allylic oxidation sites excluding steroid dienone is 1. The highest BCUT2D eigenvalue weighted by Crippen LogP contribution is 2.76. The average molecular weight is 795 g/mol. The molecule has 56 heavy (non-hydrogen) atoms. The first kappa shape index (κ1) is 42.4. The van der Waals surface area contributed by atoms with E-state index < -0.39 is 108 Å². The molecule has 318 valence electrons. The summed E-state index contributed by atoms with van der Waals surface area (Å²) in [7, 11) is 0. The second-order valence-electron chi connectivity index (χ2n) is 20.0. The normalized spacial score (nSPS) is 54.0. The van der Waals surface area contributed by atoms with Crippen molar-refractivity contribution in [3.63, 3.8) is 0 Å². The monoisotopic (exact) mass is 794 g/mol. The van der Waals surface area contributed by atoms with Crippen molar-refractivity contribution in [2.45, 2.75) is 174 Å².